The molecular weight excluding hydrogens is 546 g/mol. The minimum absolute atomic E-state index is 0.0321. The van der Waals surface area contributed by atoms with Crippen LogP contribution in [0.15, 0.2) is 72.8 Å². The smallest absolute Gasteiger partial charge is 0.251 e. The van der Waals surface area contributed by atoms with Crippen LogP contribution < -0.4 is 9.80 Å². The van der Waals surface area contributed by atoms with Gasteiger partial charge in [0.2, 0.25) is 11.8 Å². The fourth-order valence-electron chi connectivity index (χ4n) is 7.31. The zero-order valence-electron chi connectivity index (χ0n) is 24.6. The molecule has 6 rings (SSSR count). The number of aliphatic hydroxyl groups is 1. The number of nitrogens with zero attached hydrogens (tertiary/aromatic N) is 3. The molecule has 4 aliphatic rings. The van der Waals surface area contributed by atoms with Crippen molar-refractivity contribution in [1.29, 1.82) is 0 Å². The Kier molecular flexibility index (Phi) is 7.56. The number of rotatable bonds is 6. The van der Waals surface area contributed by atoms with Crippen molar-refractivity contribution in [1.82, 2.24) is 4.90 Å². The van der Waals surface area contributed by atoms with Crippen molar-refractivity contribution in [2.24, 2.45) is 17.8 Å². The molecule has 4 aliphatic heterocycles. The van der Waals surface area contributed by atoms with E-state index in [2.05, 4.69) is 6.08 Å². The molecule has 0 aromatic heterocycles. The Bertz CT molecular complexity index is 1460. The summed E-state index contributed by atoms with van der Waals surface area (Å²) >= 11 is 1.57. The number of aliphatic hydroxyl groups excluding tert-OH is 1. The number of hydrogen-bond donors (Lipinski definition) is 1. The molecule has 2 saturated heterocycles. The molecule has 42 heavy (non-hydrogen) atoms. The lowest BCUT2D eigenvalue weighted by molar-refractivity contribution is -0.142. The summed E-state index contributed by atoms with van der Waals surface area (Å²) in [7, 11) is 0. The molecule has 1 unspecified atom stereocenters. The van der Waals surface area contributed by atoms with Crippen molar-refractivity contribution in [3.05, 3.63) is 84.0 Å². The molecule has 220 valence electrons. The van der Waals surface area contributed by atoms with E-state index in [1.165, 1.54) is 0 Å². The zero-order chi connectivity index (χ0) is 29.8. The Morgan fingerprint density at radius 2 is 1.71 bits per heavy atom. The third-order valence-corrected chi connectivity index (χ3v) is 11.4. The fourth-order valence-corrected chi connectivity index (χ4v) is 9.31. The van der Waals surface area contributed by atoms with Gasteiger partial charge < -0.3 is 19.8 Å². The maximum Gasteiger partial charge on any atom is 0.251 e. The van der Waals surface area contributed by atoms with Gasteiger partial charge >= 0.3 is 0 Å². The lowest BCUT2D eigenvalue weighted by Gasteiger charge is -2.40. The molecule has 3 amide bonds. The van der Waals surface area contributed by atoms with Gasteiger partial charge in [0.25, 0.3) is 5.91 Å². The van der Waals surface area contributed by atoms with Crippen LogP contribution >= 0.6 is 11.8 Å². The molecule has 1 N–H and O–H groups in total. The first-order valence-corrected chi connectivity index (χ1v) is 15.8. The van der Waals surface area contributed by atoms with Gasteiger partial charge in [-0.3, -0.25) is 14.4 Å². The minimum atomic E-state index is -0.934. The highest BCUT2D eigenvalue weighted by Gasteiger charge is 2.72. The lowest BCUT2D eigenvalue weighted by Crippen LogP contribution is -2.58. The summed E-state index contributed by atoms with van der Waals surface area (Å²) in [4.78, 5) is 49.2. The van der Waals surface area contributed by atoms with Crippen LogP contribution in [0.2, 0.25) is 0 Å². The van der Waals surface area contributed by atoms with Gasteiger partial charge in [-0.2, -0.15) is 0 Å². The summed E-state index contributed by atoms with van der Waals surface area (Å²) in [5.41, 5.74) is 3.64. The van der Waals surface area contributed by atoms with Crippen molar-refractivity contribution in [3.63, 3.8) is 0 Å². The van der Waals surface area contributed by atoms with Gasteiger partial charge in [0.05, 0.1) is 29.2 Å². The van der Waals surface area contributed by atoms with Crippen LogP contribution in [0.4, 0.5) is 11.4 Å². The molecule has 0 aliphatic carbocycles. The molecular formula is C34H39N3O4S. The van der Waals surface area contributed by atoms with E-state index in [0.717, 1.165) is 28.9 Å². The van der Waals surface area contributed by atoms with E-state index in [1.807, 2.05) is 94.5 Å². The summed E-state index contributed by atoms with van der Waals surface area (Å²) in [6, 6.07) is 14.2. The van der Waals surface area contributed by atoms with Crippen LogP contribution in [0, 0.1) is 31.6 Å². The Labute approximate surface area is 252 Å². The molecule has 0 bridgehead atoms. The molecule has 0 radical (unpaired) electrons. The first-order chi connectivity index (χ1) is 20.2. The minimum Gasteiger partial charge on any atom is -0.394 e. The number of hydrogen-bond acceptors (Lipinski definition) is 5. The Morgan fingerprint density at radius 3 is 2.43 bits per heavy atom. The second kappa shape index (κ2) is 11.0. The third-order valence-electron chi connectivity index (χ3n) is 9.67. The Morgan fingerprint density at radius 1 is 0.976 bits per heavy atom. The second-order valence-electron chi connectivity index (χ2n) is 12.1. The van der Waals surface area contributed by atoms with Crippen LogP contribution in [-0.2, 0) is 14.4 Å². The molecule has 7 nitrogen and oxygen atoms in total. The largest absolute Gasteiger partial charge is 0.394 e. The molecule has 2 aromatic carbocycles. The molecule has 8 heteroatoms. The summed E-state index contributed by atoms with van der Waals surface area (Å²) in [5, 5.41) is 10.4. The van der Waals surface area contributed by atoms with E-state index < -0.39 is 28.7 Å². The van der Waals surface area contributed by atoms with Gasteiger partial charge in [0.1, 0.15) is 6.04 Å². The Balaban J connectivity index is 1.50. The van der Waals surface area contributed by atoms with Gasteiger partial charge in [-0.25, -0.2) is 0 Å². The number of benzene rings is 2. The van der Waals surface area contributed by atoms with Crippen LogP contribution in [0.1, 0.15) is 31.4 Å². The highest BCUT2D eigenvalue weighted by molar-refractivity contribution is 8.02. The highest BCUT2D eigenvalue weighted by atomic mass is 32.2. The fraction of sp³-hybridized carbons (Fsp3) is 0.441. The van der Waals surface area contributed by atoms with Crippen molar-refractivity contribution in [2.45, 2.75) is 56.2 Å². The predicted octanol–water partition coefficient (Wildman–Crippen LogP) is 4.51. The number of fused-ring (bicyclic) bond motifs is 2. The number of para-hydroxylation sites is 1. The van der Waals surface area contributed by atoms with Crippen LogP contribution in [-0.4, -0.2) is 69.5 Å². The predicted molar refractivity (Wildman–Crippen MR) is 167 cm³/mol. The van der Waals surface area contributed by atoms with Crippen molar-refractivity contribution < 1.29 is 19.5 Å². The first kappa shape index (κ1) is 28.7. The average molecular weight is 586 g/mol. The molecule has 1 spiro atoms. The molecule has 0 saturated carbocycles. The first-order valence-electron chi connectivity index (χ1n) is 14.9. The van der Waals surface area contributed by atoms with E-state index in [9.17, 15) is 19.5 Å². The number of amides is 3. The van der Waals surface area contributed by atoms with Gasteiger partial charge in [0, 0.05) is 29.7 Å². The maximum atomic E-state index is 14.8. The van der Waals surface area contributed by atoms with Crippen molar-refractivity contribution in [3.8, 4) is 0 Å². The number of anilines is 2. The summed E-state index contributed by atoms with van der Waals surface area (Å²) in [6.07, 6.45) is 8.86. The van der Waals surface area contributed by atoms with E-state index >= 15 is 0 Å². The SMILES string of the molecule is CC[C@H](C)[C@H](CO)N1C(=O)[C@@H]2[C@H]3C(=O)N(c4ccccc4)CC=C[C@H]3S[C@@]23C=CCN(c2cc(C)ccc2C)C(=O)C13. The van der Waals surface area contributed by atoms with Crippen molar-refractivity contribution >= 4 is 40.9 Å². The maximum absolute atomic E-state index is 14.8. The second-order valence-corrected chi connectivity index (χ2v) is 13.6. The summed E-state index contributed by atoms with van der Waals surface area (Å²) in [5.74, 6) is -1.86. The quantitative estimate of drug-likeness (QED) is 0.505. The third kappa shape index (κ3) is 4.33. The number of likely N-dealkylation sites (tertiary alicyclic amines) is 1. The number of carbonyl (C=O) groups is 3. The molecule has 7 atom stereocenters. The molecule has 2 aromatic rings. The van der Waals surface area contributed by atoms with Crippen LogP contribution in [0.3, 0.4) is 0 Å². The molecule has 2 fully saturated rings. The summed E-state index contributed by atoms with van der Waals surface area (Å²) in [6.45, 7) is 8.60. The molecule has 4 heterocycles. The van der Waals surface area contributed by atoms with Gasteiger partial charge in [-0.15, -0.1) is 11.8 Å². The van der Waals surface area contributed by atoms with Crippen LogP contribution in [0.5, 0.6) is 0 Å². The lowest BCUT2D eigenvalue weighted by atomic mass is 9.78. The van der Waals surface area contributed by atoms with E-state index in [-0.39, 0.29) is 35.5 Å². The Hall–Kier alpha value is -3.36. The van der Waals surface area contributed by atoms with E-state index in [4.69, 9.17) is 0 Å². The van der Waals surface area contributed by atoms with Gasteiger partial charge in [0.15, 0.2) is 0 Å². The van der Waals surface area contributed by atoms with Crippen LogP contribution in [0.25, 0.3) is 0 Å². The zero-order valence-corrected chi connectivity index (χ0v) is 25.5. The number of aryl methyl sites for hydroxylation is 2. The normalized spacial score (nSPS) is 30.1. The topological polar surface area (TPSA) is 81.2 Å². The van der Waals surface area contributed by atoms with Crippen molar-refractivity contribution in [2.75, 3.05) is 29.5 Å². The van der Waals surface area contributed by atoms with Gasteiger partial charge in [-0.1, -0.05) is 74.9 Å². The average Bonchev–Trinajstić information content (AvgIpc) is 3.30. The van der Waals surface area contributed by atoms with E-state index in [0.29, 0.717) is 13.1 Å². The highest BCUT2D eigenvalue weighted by Crippen LogP contribution is 2.62. The number of carbonyl (C=O) groups excluding carboxylic acids is 3. The standard InChI is InChI=1S/C34H39N3O4S/c1-5-22(3)26(20-38)37-30-33(41)36(25-19-21(2)14-15-23(25)4)18-10-16-34(30)29(32(37)40)28-27(42-34)13-9-17-35(31(28)39)24-11-7-6-8-12-24/h6-16,19,22,26-30,38H,5,17-18,20H2,1-4H3/t22-,26-,27+,28-,29-,30?,34-/m0/s1. The number of thioether (sulfide) groups is 1. The van der Waals surface area contributed by atoms with E-state index in [1.54, 1.807) is 26.5 Å². The monoisotopic (exact) mass is 585 g/mol. The summed E-state index contributed by atoms with van der Waals surface area (Å²) < 4.78 is -0.934. The van der Waals surface area contributed by atoms with Gasteiger partial charge in [-0.05, 0) is 49.1 Å².